The minimum absolute atomic E-state index is 0.0540. The van der Waals surface area contributed by atoms with Gasteiger partial charge in [-0.15, -0.1) is 0 Å². The molecule has 2 aromatic rings. The van der Waals surface area contributed by atoms with Crippen LogP contribution in [0.2, 0.25) is 0 Å². The number of aromatic nitrogens is 2. The highest BCUT2D eigenvalue weighted by Gasteiger charge is 2.15. The Morgan fingerprint density at radius 3 is 2.59 bits per heavy atom. The van der Waals surface area contributed by atoms with Crippen LogP contribution in [0.5, 0.6) is 5.75 Å². The van der Waals surface area contributed by atoms with Gasteiger partial charge in [0, 0.05) is 18.4 Å². The van der Waals surface area contributed by atoms with Crippen LogP contribution < -0.4 is 5.73 Å². The quantitative estimate of drug-likeness (QED) is 0.815. The average Bonchev–Trinajstić information content (AvgIpc) is 2.60. The van der Waals surface area contributed by atoms with Gasteiger partial charge in [-0.25, -0.2) is 13.1 Å². The molecule has 2 rings (SSSR count). The van der Waals surface area contributed by atoms with Gasteiger partial charge in [0.15, 0.2) is 14.9 Å². The first kappa shape index (κ1) is 11.5. The van der Waals surface area contributed by atoms with Crippen molar-refractivity contribution in [2.45, 2.75) is 5.03 Å². The molecule has 0 fully saturated rings. The molecule has 0 aliphatic carbocycles. The lowest BCUT2D eigenvalue weighted by Gasteiger charge is -2.03. The third-order valence-corrected chi connectivity index (χ3v) is 3.13. The second-order valence-corrected chi connectivity index (χ2v) is 5.57. The number of aromatic hydroxyl groups is 1. The van der Waals surface area contributed by atoms with Crippen LogP contribution in [0.4, 0.5) is 5.82 Å². The first-order valence-corrected chi connectivity index (χ1v) is 6.62. The Balaban J connectivity index is 2.58. The van der Waals surface area contributed by atoms with E-state index in [1.807, 2.05) is 0 Å². The molecule has 0 aliphatic heterocycles. The minimum Gasteiger partial charge on any atom is -0.508 e. The number of phenolic OH excluding ortho intramolecular Hbond substituents is 1. The van der Waals surface area contributed by atoms with Crippen molar-refractivity contribution in [2.24, 2.45) is 0 Å². The van der Waals surface area contributed by atoms with Crippen molar-refractivity contribution in [3.8, 4) is 11.4 Å². The fourth-order valence-corrected chi connectivity index (χ4v) is 1.95. The van der Waals surface area contributed by atoms with Crippen molar-refractivity contribution in [1.29, 1.82) is 0 Å². The van der Waals surface area contributed by atoms with Gasteiger partial charge < -0.3 is 10.8 Å². The van der Waals surface area contributed by atoms with E-state index in [-0.39, 0.29) is 16.6 Å². The summed E-state index contributed by atoms with van der Waals surface area (Å²) in [5.41, 5.74) is 6.17. The van der Waals surface area contributed by atoms with Crippen LogP contribution in [-0.2, 0) is 9.84 Å². The van der Waals surface area contributed by atoms with Gasteiger partial charge in [-0.3, -0.25) is 0 Å². The molecule has 0 amide bonds. The second kappa shape index (κ2) is 3.77. The molecule has 17 heavy (non-hydrogen) atoms. The monoisotopic (exact) mass is 253 g/mol. The Morgan fingerprint density at radius 1 is 1.35 bits per heavy atom. The number of anilines is 1. The zero-order chi connectivity index (χ0) is 12.6. The Morgan fingerprint density at radius 2 is 2.06 bits per heavy atom. The van der Waals surface area contributed by atoms with Crippen molar-refractivity contribution in [2.75, 3.05) is 12.0 Å². The van der Waals surface area contributed by atoms with Gasteiger partial charge in [0.25, 0.3) is 0 Å². The summed E-state index contributed by atoms with van der Waals surface area (Å²) < 4.78 is 23.9. The summed E-state index contributed by atoms with van der Waals surface area (Å²) in [6.07, 6.45) is 1.06. The summed E-state index contributed by atoms with van der Waals surface area (Å²) in [5, 5.41) is 13.1. The number of nitrogens with two attached hydrogens (primary N) is 1. The van der Waals surface area contributed by atoms with Crippen LogP contribution in [0, 0.1) is 0 Å². The molecule has 0 saturated carbocycles. The molecule has 0 unspecified atom stereocenters. The Kier molecular flexibility index (Phi) is 2.55. The lowest BCUT2D eigenvalue weighted by Crippen LogP contribution is -2.03. The van der Waals surface area contributed by atoms with Crippen molar-refractivity contribution in [3.05, 3.63) is 30.3 Å². The highest BCUT2D eigenvalue weighted by Crippen LogP contribution is 2.20. The van der Waals surface area contributed by atoms with Gasteiger partial charge >= 0.3 is 0 Å². The lowest BCUT2D eigenvalue weighted by atomic mass is 10.3. The Bertz CT molecular complexity index is 661. The maximum atomic E-state index is 11.3. The lowest BCUT2D eigenvalue weighted by molar-refractivity contribution is 0.475. The molecule has 0 atom stereocenters. The number of nitrogens with zero attached hydrogens (tertiary/aromatic N) is 2. The van der Waals surface area contributed by atoms with Gasteiger partial charge in [-0.2, -0.15) is 5.10 Å². The van der Waals surface area contributed by atoms with E-state index in [1.165, 1.54) is 22.9 Å². The van der Waals surface area contributed by atoms with Crippen molar-refractivity contribution in [3.63, 3.8) is 0 Å². The van der Waals surface area contributed by atoms with Crippen molar-refractivity contribution in [1.82, 2.24) is 9.78 Å². The predicted octanol–water partition coefficient (Wildman–Crippen LogP) is 0.564. The first-order valence-electron chi connectivity index (χ1n) is 4.73. The number of sulfone groups is 1. The van der Waals surface area contributed by atoms with Gasteiger partial charge in [0.1, 0.15) is 11.6 Å². The number of phenols is 1. The molecule has 1 aromatic carbocycles. The Labute approximate surface area is 98.2 Å². The fraction of sp³-hybridized carbons (Fsp3) is 0.100. The number of benzene rings is 1. The maximum Gasteiger partial charge on any atom is 0.194 e. The maximum absolute atomic E-state index is 11.3. The van der Waals surface area contributed by atoms with Gasteiger partial charge in [-0.1, -0.05) is 6.07 Å². The molecule has 0 saturated heterocycles. The molecule has 1 aromatic heterocycles. The smallest absolute Gasteiger partial charge is 0.194 e. The normalized spacial score (nSPS) is 11.6. The molecule has 6 nitrogen and oxygen atoms in total. The number of hydrogen-bond donors (Lipinski definition) is 2. The summed E-state index contributed by atoms with van der Waals surface area (Å²) in [4.78, 5) is 0. The second-order valence-electron chi connectivity index (χ2n) is 3.61. The zero-order valence-corrected chi connectivity index (χ0v) is 9.85. The Hall–Kier alpha value is -2.02. The van der Waals surface area contributed by atoms with Gasteiger partial charge in [-0.05, 0) is 12.1 Å². The van der Waals surface area contributed by atoms with Crippen LogP contribution in [-0.4, -0.2) is 29.6 Å². The molecule has 1 heterocycles. The summed E-state index contributed by atoms with van der Waals surface area (Å²) in [5.74, 6) is 0.245. The molecule has 3 N–H and O–H groups in total. The summed E-state index contributed by atoms with van der Waals surface area (Å²) in [7, 11) is -3.40. The summed E-state index contributed by atoms with van der Waals surface area (Å²) in [6, 6.07) is 7.50. The zero-order valence-electron chi connectivity index (χ0n) is 9.03. The van der Waals surface area contributed by atoms with Crippen LogP contribution in [0.3, 0.4) is 0 Å². The number of hydrogen-bond acceptors (Lipinski definition) is 5. The fourth-order valence-electron chi connectivity index (χ4n) is 1.39. The van der Waals surface area contributed by atoms with Crippen molar-refractivity contribution < 1.29 is 13.5 Å². The standard InChI is InChI=1S/C10H11N3O3S/c1-17(15,16)10-6-9(11)13(12-10)7-3-2-4-8(14)5-7/h2-6,14H,11H2,1H3. The average molecular weight is 253 g/mol. The summed E-state index contributed by atoms with van der Waals surface area (Å²) >= 11 is 0. The molecular formula is C10H11N3O3S. The molecule has 0 radical (unpaired) electrons. The highest BCUT2D eigenvalue weighted by atomic mass is 32.2. The predicted molar refractivity (Wildman–Crippen MR) is 62.8 cm³/mol. The summed E-state index contributed by atoms with van der Waals surface area (Å²) in [6.45, 7) is 0. The van der Waals surface area contributed by atoms with Crippen molar-refractivity contribution >= 4 is 15.7 Å². The first-order chi connectivity index (χ1) is 7.88. The molecule has 7 heteroatoms. The highest BCUT2D eigenvalue weighted by molar-refractivity contribution is 7.90. The van der Waals surface area contributed by atoms with E-state index in [1.54, 1.807) is 12.1 Å². The molecular weight excluding hydrogens is 242 g/mol. The van der Waals surface area contributed by atoms with E-state index in [0.717, 1.165) is 6.26 Å². The van der Waals surface area contributed by atoms with Crippen LogP contribution >= 0.6 is 0 Å². The van der Waals surface area contributed by atoms with Gasteiger partial charge in [0.2, 0.25) is 0 Å². The van der Waals surface area contributed by atoms with Gasteiger partial charge in [0.05, 0.1) is 5.69 Å². The van der Waals surface area contributed by atoms with E-state index < -0.39 is 9.84 Å². The topological polar surface area (TPSA) is 98.2 Å². The number of rotatable bonds is 2. The van der Waals surface area contributed by atoms with E-state index in [4.69, 9.17) is 5.73 Å². The minimum atomic E-state index is -3.40. The third-order valence-electron chi connectivity index (χ3n) is 2.17. The third kappa shape index (κ3) is 2.23. The van der Waals surface area contributed by atoms with Crippen LogP contribution in [0.1, 0.15) is 0 Å². The number of nitrogen functional groups attached to an aromatic ring is 1. The molecule has 0 spiro atoms. The molecule has 90 valence electrons. The molecule has 0 aliphatic rings. The van der Waals surface area contributed by atoms with E-state index in [9.17, 15) is 13.5 Å². The van der Waals surface area contributed by atoms with E-state index in [2.05, 4.69) is 5.10 Å². The molecule has 0 bridgehead atoms. The van der Waals surface area contributed by atoms with Crippen LogP contribution in [0.15, 0.2) is 35.4 Å². The van der Waals surface area contributed by atoms with E-state index >= 15 is 0 Å². The van der Waals surface area contributed by atoms with Crippen LogP contribution in [0.25, 0.3) is 5.69 Å². The largest absolute Gasteiger partial charge is 0.508 e. The SMILES string of the molecule is CS(=O)(=O)c1cc(N)n(-c2cccc(O)c2)n1. The van der Waals surface area contributed by atoms with E-state index in [0.29, 0.717) is 5.69 Å².